The first-order chi connectivity index (χ1) is 7.34. The summed E-state index contributed by atoms with van der Waals surface area (Å²) < 4.78 is 0. The molecule has 0 saturated heterocycles. The Balaban J connectivity index is 0.00000256. The number of halogens is 3. The summed E-state index contributed by atoms with van der Waals surface area (Å²) in [6, 6.07) is 2.30. The topological polar surface area (TPSA) is 51.2 Å². The summed E-state index contributed by atoms with van der Waals surface area (Å²) in [5.74, 6) is 0. The van der Waals surface area contributed by atoms with Crippen LogP contribution >= 0.6 is 47.4 Å². The molecule has 3 nitrogen and oxygen atoms in total. The summed E-state index contributed by atoms with van der Waals surface area (Å²) in [5, 5.41) is -2.54. The van der Waals surface area contributed by atoms with Gasteiger partial charge in [-0.05, 0) is 46.9 Å². The van der Waals surface area contributed by atoms with Crippen LogP contribution in [0.25, 0.3) is 0 Å². The van der Waals surface area contributed by atoms with Gasteiger partial charge in [-0.3, -0.25) is 14.4 Å². The Kier molecular flexibility index (Phi) is 6.89. The molecule has 0 saturated carbocycles. The zero-order valence-electron chi connectivity index (χ0n) is 8.17. The molecule has 0 heterocycles. The van der Waals surface area contributed by atoms with Gasteiger partial charge in [-0.1, -0.05) is 0 Å². The third-order valence-corrected chi connectivity index (χ3v) is 2.87. The standard InChI is InChI=1S/C9H3Cl3O3S.Zn/c10-7(13)3-1-4(8(11)14)6(16)5(2-3)9(12)15;/h1-2,16H;/q;+2. The Labute approximate surface area is 130 Å². The molecule has 1 aromatic carbocycles. The van der Waals surface area contributed by atoms with E-state index in [0.29, 0.717) is 0 Å². The van der Waals surface area contributed by atoms with Crippen molar-refractivity contribution in [1.29, 1.82) is 0 Å². The second kappa shape index (κ2) is 6.86. The van der Waals surface area contributed by atoms with E-state index in [4.69, 9.17) is 34.8 Å². The van der Waals surface area contributed by atoms with Gasteiger partial charge in [-0.15, -0.1) is 12.6 Å². The van der Waals surface area contributed by atoms with Gasteiger partial charge in [0.1, 0.15) is 0 Å². The molecule has 0 bridgehead atoms. The van der Waals surface area contributed by atoms with Gasteiger partial charge in [-0.25, -0.2) is 0 Å². The van der Waals surface area contributed by atoms with Crippen LogP contribution in [0.2, 0.25) is 0 Å². The van der Waals surface area contributed by atoms with Gasteiger partial charge in [0.15, 0.2) is 0 Å². The van der Waals surface area contributed by atoms with E-state index in [-0.39, 0.29) is 41.1 Å². The van der Waals surface area contributed by atoms with Crippen molar-refractivity contribution < 1.29 is 33.9 Å². The van der Waals surface area contributed by atoms with Gasteiger partial charge in [-0.2, -0.15) is 0 Å². The van der Waals surface area contributed by atoms with Gasteiger partial charge in [0.05, 0.1) is 0 Å². The normalized spacial score (nSPS) is 9.41. The minimum Gasteiger partial charge on any atom is -0.276 e. The van der Waals surface area contributed by atoms with Crippen LogP contribution in [-0.2, 0) is 19.5 Å². The van der Waals surface area contributed by atoms with E-state index in [1.807, 2.05) is 0 Å². The number of benzene rings is 1. The van der Waals surface area contributed by atoms with E-state index in [2.05, 4.69) is 12.6 Å². The zero-order chi connectivity index (χ0) is 12.5. The van der Waals surface area contributed by atoms with Gasteiger partial charge in [0, 0.05) is 21.6 Å². The van der Waals surface area contributed by atoms with E-state index in [0.717, 1.165) is 12.1 Å². The quantitative estimate of drug-likeness (QED) is 0.510. The van der Waals surface area contributed by atoms with Crippen LogP contribution in [0.15, 0.2) is 17.0 Å². The fourth-order valence-electron chi connectivity index (χ4n) is 1.05. The molecule has 0 N–H and O–H groups in total. The van der Waals surface area contributed by atoms with Crippen LogP contribution in [0.3, 0.4) is 0 Å². The molecular weight excluding hydrogens is 360 g/mol. The van der Waals surface area contributed by atoms with Crippen molar-refractivity contribution in [3.8, 4) is 0 Å². The molecule has 0 spiro atoms. The molecule has 84 valence electrons. The monoisotopic (exact) mass is 360 g/mol. The summed E-state index contributed by atoms with van der Waals surface area (Å²) in [6.45, 7) is 0. The number of thiol groups is 1. The molecule has 0 aliphatic rings. The van der Waals surface area contributed by atoms with Crippen molar-refractivity contribution >= 4 is 63.2 Å². The molecule has 8 heteroatoms. The third-order valence-electron chi connectivity index (χ3n) is 1.76. The van der Waals surface area contributed by atoms with Crippen molar-refractivity contribution in [2.45, 2.75) is 4.90 Å². The Bertz CT molecular complexity index is 469. The maximum Gasteiger partial charge on any atom is 2.00 e. The van der Waals surface area contributed by atoms with Gasteiger partial charge in [0.25, 0.3) is 15.7 Å². The first kappa shape index (κ1) is 17.1. The van der Waals surface area contributed by atoms with E-state index in [9.17, 15) is 14.4 Å². The number of hydrogen-bond donors (Lipinski definition) is 1. The Morgan fingerprint density at radius 2 is 1.24 bits per heavy atom. The van der Waals surface area contributed by atoms with Crippen LogP contribution in [0.1, 0.15) is 31.1 Å². The average molecular weight is 363 g/mol. The van der Waals surface area contributed by atoms with Crippen LogP contribution < -0.4 is 0 Å². The molecule has 0 amide bonds. The zero-order valence-corrected chi connectivity index (χ0v) is 14.3. The first-order valence-electron chi connectivity index (χ1n) is 3.81. The summed E-state index contributed by atoms with van der Waals surface area (Å²) in [6.07, 6.45) is 0. The SMILES string of the molecule is O=C(Cl)c1cc(C(=O)Cl)c(S)c(C(=O)Cl)c1.[Zn+2]. The average Bonchev–Trinajstić information content (AvgIpc) is 2.16. The minimum atomic E-state index is -0.857. The maximum atomic E-state index is 11.0. The molecule has 0 atom stereocenters. The van der Waals surface area contributed by atoms with Crippen molar-refractivity contribution in [1.82, 2.24) is 0 Å². The summed E-state index contributed by atoms with van der Waals surface area (Å²) >= 11 is 19.7. The largest absolute Gasteiger partial charge is 2.00 e. The van der Waals surface area contributed by atoms with E-state index >= 15 is 0 Å². The molecule has 1 rings (SSSR count). The number of hydrogen-bond acceptors (Lipinski definition) is 4. The fourth-order valence-corrected chi connectivity index (χ4v) is 1.92. The fraction of sp³-hybridized carbons (Fsp3) is 0. The summed E-state index contributed by atoms with van der Waals surface area (Å²) in [7, 11) is 0. The minimum absolute atomic E-state index is 0. The van der Waals surface area contributed by atoms with Crippen molar-refractivity contribution in [2.24, 2.45) is 0 Å². The molecule has 0 aliphatic carbocycles. The Hall–Kier alpha value is 0.0734. The molecule has 17 heavy (non-hydrogen) atoms. The van der Waals surface area contributed by atoms with Gasteiger partial charge in [0.2, 0.25) is 0 Å². The molecule has 0 radical (unpaired) electrons. The van der Waals surface area contributed by atoms with Crippen LogP contribution in [0.5, 0.6) is 0 Å². The smallest absolute Gasteiger partial charge is 0.276 e. The third kappa shape index (κ3) is 4.04. The summed E-state index contributed by atoms with van der Waals surface area (Å²) in [5.41, 5.74) is -0.242. The summed E-state index contributed by atoms with van der Waals surface area (Å²) in [4.78, 5) is 33.0. The number of carbonyl (C=O) groups excluding carboxylic acids is 3. The van der Waals surface area contributed by atoms with Crippen molar-refractivity contribution in [3.63, 3.8) is 0 Å². The maximum absolute atomic E-state index is 11.0. The molecular formula is C9H3Cl3O3SZn+2. The number of carbonyl (C=O) groups is 3. The molecule has 0 aromatic heterocycles. The predicted octanol–water partition coefficient (Wildman–Crippen LogP) is 3.11. The second-order valence-corrected chi connectivity index (χ2v) is 4.22. The molecule has 1 aromatic rings. The molecule has 0 fully saturated rings. The second-order valence-electron chi connectivity index (χ2n) is 2.74. The van der Waals surface area contributed by atoms with Crippen LogP contribution in [-0.4, -0.2) is 15.7 Å². The van der Waals surface area contributed by atoms with E-state index < -0.39 is 15.7 Å². The molecule has 0 aliphatic heterocycles. The van der Waals surface area contributed by atoms with Crippen LogP contribution in [0.4, 0.5) is 0 Å². The van der Waals surface area contributed by atoms with Crippen molar-refractivity contribution in [2.75, 3.05) is 0 Å². The predicted molar refractivity (Wildman–Crippen MR) is 64.2 cm³/mol. The first-order valence-corrected chi connectivity index (χ1v) is 5.39. The van der Waals surface area contributed by atoms with Gasteiger partial charge < -0.3 is 0 Å². The number of rotatable bonds is 3. The van der Waals surface area contributed by atoms with E-state index in [1.165, 1.54) is 0 Å². The Morgan fingerprint density at radius 3 is 1.47 bits per heavy atom. The molecule has 0 unspecified atom stereocenters. The van der Waals surface area contributed by atoms with Crippen molar-refractivity contribution in [3.05, 3.63) is 28.8 Å². The Morgan fingerprint density at radius 1 is 0.882 bits per heavy atom. The van der Waals surface area contributed by atoms with E-state index in [1.54, 1.807) is 0 Å². The van der Waals surface area contributed by atoms with Crippen LogP contribution in [0, 0.1) is 0 Å². The van der Waals surface area contributed by atoms with Gasteiger partial charge >= 0.3 is 19.5 Å².